The largest absolute Gasteiger partial charge is 0.481 e. The lowest BCUT2D eigenvalue weighted by Gasteiger charge is -2.49. The van der Waals surface area contributed by atoms with Crippen molar-refractivity contribution in [3.8, 4) is 5.88 Å². The SMILES string of the molecule is COc1cc(N2CCC3(CCOCC3NS(C)(=O)=O)CC2)ncn1. The molecule has 9 heteroatoms. The number of sulfonamides is 1. The molecule has 0 saturated carbocycles. The summed E-state index contributed by atoms with van der Waals surface area (Å²) in [5.74, 6) is 1.39. The number of piperidine rings is 1. The summed E-state index contributed by atoms with van der Waals surface area (Å²) in [6, 6.07) is 1.66. The maximum Gasteiger partial charge on any atom is 0.218 e. The fraction of sp³-hybridized carbons (Fsp3) is 0.733. The minimum Gasteiger partial charge on any atom is -0.481 e. The standard InChI is InChI=1S/C15H24N4O4S/c1-22-14-9-13(16-11-17-14)19-6-3-15(4-7-19)5-8-23-10-12(15)18-24(2,20)21/h9,11-12,18H,3-8,10H2,1-2H3. The minimum absolute atomic E-state index is 0.0467. The highest BCUT2D eigenvalue weighted by atomic mass is 32.2. The van der Waals surface area contributed by atoms with Gasteiger partial charge in [0.1, 0.15) is 12.1 Å². The lowest BCUT2D eigenvalue weighted by molar-refractivity contribution is -0.0233. The second kappa shape index (κ2) is 6.81. The van der Waals surface area contributed by atoms with Crippen LogP contribution in [0, 0.1) is 5.41 Å². The molecule has 1 atom stereocenters. The number of anilines is 1. The highest BCUT2D eigenvalue weighted by molar-refractivity contribution is 7.88. The molecule has 8 nitrogen and oxygen atoms in total. The third-order valence-corrected chi connectivity index (χ3v) is 5.76. The van der Waals surface area contributed by atoms with Gasteiger partial charge >= 0.3 is 0 Å². The molecule has 2 aliphatic heterocycles. The molecule has 1 unspecified atom stereocenters. The van der Waals surface area contributed by atoms with E-state index in [-0.39, 0.29) is 11.5 Å². The van der Waals surface area contributed by atoms with E-state index < -0.39 is 10.0 Å². The highest BCUT2D eigenvalue weighted by Crippen LogP contribution is 2.42. The number of aromatic nitrogens is 2. The van der Waals surface area contributed by atoms with Crippen LogP contribution in [0.25, 0.3) is 0 Å². The Balaban J connectivity index is 1.71. The summed E-state index contributed by atoms with van der Waals surface area (Å²) in [5.41, 5.74) is -0.0467. The lowest BCUT2D eigenvalue weighted by Crippen LogP contribution is -2.57. The van der Waals surface area contributed by atoms with Gasteiger partial charge < -0.3 is 14.4 Å². The molecule has 2 aliphatic rings. The molecule has 0 amide bonds. The van der Waals surface area contributed by atoms with Gasteiger partial charge in [-0.1, -0.05) is 0 Å². The van der Waals surface area contributed by atoms with Gasteiger partial charge in [0.2, 0.25) is 15.9 Å². The molecule has 2 saturated heterocycles. The van der Waals surface area contributed by atoms with Crippen LogP contribution in [0.15, 0.2) is 12.4 Å². The van der Waals surface area contributed by atoms with Gasteiger partial charge in [0.05, 0.1) is 26.0 Å². The highest BCUT2D eigenvalue weighted by Gasteiger charge is 2.44. The number of ether oxygens (including phenoxy) is 2. The van der Waals surface area contributed by atoms with Crippen LogP contribution in [-0.4, -0.2) is 64.1 Å². The number of methoxy groups -OCH3 is 1. The quantitative estimate of drug-likeness (QED) is 0.835. The van der Waals surface area contributed by atoms with Crippen molar-refractivity contribution >= 4 is 15.8 Å². The lowest BCUT2D eigenvalue weighted by atomic mass is 9.69. The van der Waals surface area contributed by atoms with Gasteiger partial charge in [0, 0.05) is 25.8 Å². The zero-order valence-corrected chi connectivity index (χ0v) is 14.9. The van der Waals surface area contributed by atoms with E-state index in [0.717, 1.165) is 38.2 Å². The molecule has 1 spiro atoms. The van der Waals surface area contributed by atoms with E-state index in [1.165, 1.54) is 12.6 Å². The van der Waals surface area contributed by atoms with E-state index in [1.807, 2.05) is 6.07 Å². The molecule has 1 aromatic rings. The second-order valence-corrected chi connectivity index (χ2v) is 8.32. The fourth-order valence-corrected chi connectivity index (χ4v) is 4.47. The van der Waals surface area contributed by atoms with E-state index in [9.17, 15) is 8.42 Å². The molecule has 0 radical (unpaired) electrons. The third kappa shape index (κ3) is 3.79. The molecule has 0 aromatic carbocycles. The van der Waals surface area contributed by atoms with Crippen molar-refractivity contribution in [1.82, 2.24) is 14.7 Å². The summed E-state index contributed by atoms with van der Waals surface area (Å²) in [4.78, 5) is 10.6. The van der Waals surface area contributed by atoms with Crippen LogP contribution >= 0.6 is 0 Å². The average molecular weight is 356 g/mol. The topological polar surface area (TPSA) is 93.7 Å². The normalized spacial score (nSPS) is 24.1. The van der Waals surface area contributed by atoms with Crippen molar-refractivity contribution in [2.75, 3.05) is 44.6 Å². The molecule has 0 aliphatic carbocycles. The van der Waals surface area contributed by atoms with E-state index >= 15 is 0 Å². The number of hydrogen-bond acceptors (Lipinski definition) is 7. The van der Waals surface area contributed by atoms with Crippen LogP contribution in [0.5, 0.6) is 5.88 Å². The number of nitrogens with one attached hydrogen (secondary N) is 1. The maximum absolute atomic E-state index is 11.7. The van der Waals surface area contributed by atoms with Crippen molar-refractivity contribution in [3.05, 3.63) is 12.4 Å². The predicted molar refractivity (Wildman–Crippen MR) is 89.7 cm³/mol. The Morgan fingerprint density at radius 3 is 2.75 bits per heavy atom. The first-order chi connectivity index (χ1) is 11.4. The number of hydrogen-bond donors (Lipinski definition) is 1. The first kappa shape index (κ1) is 17.4. The minimum atomic E-state index is -3.25. The summed E-state index contributed by atoms with van der Waals surface area (Å²) in [7, 11) is -1.67. The zero-order chi connectivity index (χ0) is 17.2. The summed E-state index contributed by atoms with van der Waals surface area (Å²) in [6.07, 6.45) is 5.38. The molecule has 24 heavy (non-hydrogen) atoms. The summed E-state index contributed by atoms with van der Waals surface area (Å²) in [6.45, 7) is 2.77. The zero-order valence-electron chi connectivity index (χ0n) is 14.1. The average Bonchev–Trinajstić information content (AvgIpc) is 2.57. The van der Waals surface area contributed by atoms with E-state index in [0.29, 0.717) is 19.1 Å². The molecule has 0 bridgehead atoms. The third-order valence-electron chi connectivity index (χ3n) is 5.04. The monoisotopic (exact) mass is 356 g/mol. The molecule has 134 valence electrons. The van der Waals surface area contributed by atoms with Crippen LogP contribution in [0.4, 0.5) is 5.82 Å². The fourth-order valence-electron chi connectivity index (χ4n) is 3.64. The predicted octanol–water partition coefficient (Wildman–Crippen LogP) is 0.410. The Morgan fingerprint density at radius 1 is 1.33 bits per heavy atom. The van der Waals surface area contributed by atoms with Crippen molar-refractivity contribution in [2.24, 2.45) is 5.41 Å². The van der Waals surface area contributed by atoms with E-state index in [4.69, 9.17) is 9.47 Å². The maximum atomic E-state index is 11.7. The summed E-state index contributed by atoms with van der Waals surface area (Å²) >= 11 is 0. The number of nitrogens with zero attached hydrogens (tertiary/aromatic N) is 3. The second-order valence-electron chi connectivity index (χ2n) is 6.54. The molecular formula is C15H24N4O4S. The molecule has 1 N–H and O–H groups in total. The van der Waals surface area contributed by atoms with E-state index in [1.54, 1.807) is 7.11 Å². The van der Waals surface area contributed by atoms with Gasteiger partial charge in [0.15, 0.2) is 0 Å². The Kier molecular flexibility index (Phi) is 4.93. The molecule has 2 fully saturated rings. The van der Waals surface area contributed by atoms with Crippen LogP contribution < -0.4 is 14.4 Å². The summed E-state index contributed by atoms with van der Waals surface area (Å²) < 4.78 is 36.8. The summed E-state index contributed by atoms with van der Waals surface area (Å²) in [5, 5.41) is 0. The molecule has 1 aromatic heterocycles. The molecule has 3 rings (SSSR count). The first-order valence-corrected chi connectivity index (χ1v) is 9.97. The van der Waals surface area contributed by atoms with Crippen molar-refractivity contribution in [2.45, 2.75) is 25.3 Å². The van der Waals surface area contributed by atoms with Gasteiger partial charge in [-0.25, -0.2) is 23.1 Å². The van der Waals surface area contributed by atoms with E-state index in [2.05, 4.69) is 19.6 Å². The van der Waals surface area contributed by atoms with Crippen LogP contribution in [0.2, 0.25) is 0 Å². The first-order valence-electron chi connectivity index (χ1n) is 8.08. The molecule has 3 heterocycles. The smallest absolute Gasteiger partial charge is 0.218 e. The van der Waals surface area contributed by atoms with Crippen molar-refractivity contribution in [1.29, 1.82) is 0 Å². The Labute approximate surface area is 142 Å². The van der Waals surface area contributed by atoms with Crippen LogP contribution in [-0.2, 0) is 14.8 Å². The Morgan fingerprint density at radius 2 is 2.08 bits per heavy atom. The molecular weight excluding hydrogens is 332 g/mol. The van der Waals surface area contributed by atoms with Gasteiger partial charge in [-0.05, 0) is 24.7 Å². The van der Waals surface area contributed by atoms with Crippen LogP contribution in [0.1, 0.15) is 19.3 Å². The van der Waals surface area contributed by atoms with Crippen molar-refractivity contribution < 1.29 is 17.9 Å². The Hall–Kier alpha value is -1.45. The van der Waals surface area contributed by atoms with Gasteiger partial charge in [-0.15, -0.1) is 0 Å². The Bertz CT molecular complexity index is 674. The van der Waals surface area contributed by atoms with Crippen LogP contribution in [0.3, 0.4) is 0 Å². The number of rotatable bonds is 4. The van der Waals surface area contributed by atoms with Gasteiger partial charge in [-0.2, -0.15) is 0 Å². The van der Waals surface area contributed by atoms with Gasteiger partial charge in [-0.3, -0.25) is 0 Å². The van der Waals surface area contributed by atoms with Gasteiger partial charge in [0.25, 0.3) is 0 Å². The van der Waals surface area contributed by atoms with Crippen molar-refractivity contribution in [3.63, 3.8) is 0 Å².